The predicted octanol–water partition coefficient (Wildman–Crippen LogP) is 4.26. The number of halogens is 1. The summed E-state index contributed by atoms with van der Waals surface area (Å²) in [6.45, 7) is 2.81. The first-order valence-corrected chi connectivity index (χ1v) is 9.57. The van der Waals surface area contributed by atoms with Crippen LogP contribution in [0.1, 0.15) is 30.0 Å². The maximum Gasteiger partial charge on any atom is 0.276 e. The molecule has 3 rings (SSSR count). The average molecular weight is 412 g/mol. The van der Waals surface area contributed by atoms with Crippen LogP contribution in [0.15, 0.2) is 48.2 Å². The topological polar surface area (TPSA) is 65.4 Å². The highest BCUT2D eigenvalue weighted by atomic mass is 35.5. The first-order chi connectivity index (χ1) is 13.5. The lowest BCUT2D eigenvalue weighted by molar-refractivity contribution is -0.122. The monoisotopic (exact) mass is 411 g/mol. The molecule has 2 aromatic carbocycles. The number of rotatable bonds is 6. The molecule has 0 bridgehead atoms. The van der Waals surface area contributed by atoms with E-state index in [-0.39, 0.29) is 12.5 Å². The van der Waals surface area contributed by atoms with Crippen molar-refractivity contribution in [3.63, 3.8) is 0 Å². The second kappa shape index (κ2) is 8.87. The fourth-order valence-electron chi connectivity index (χ4n) is 2.80. The molecule has 0 saturated carbocycles. The molecule has 0 spiro atoms. The van der Waals surface area contributed by atoms with Crippen LogP contribution in [-0.2, 0) is 11.4 Å². The van der Waals surface area contributed by atoms with Gasteiger partial charge in [-0.25, -0.2) is 0 Å². The Morgan fingerprint density at radius 1 is 1.32 bits per heavy atom. The first-order valence-electron chi connectivity index (χ1n) is 8.78. The third-order valence-corrected chi connectivity index (χ3v) is 4.82. The zero-order valence-corrected chi connectivity index (χ0v) is 16.8. The number of ether oxygens (including phenoxy) is 1. The number of carbonyl (C=O) groups is 1. The Morgan fingerprint density at radius 3 is 2.82 bits per heavy atom. The number of carbonyl (C=O) groups excluding carboxylic acids is 1. The minimum absolute atomic E-state index is 0.142. The second-order valence-electron chi connectivity index (χ2n) is 6.19. The molecule has 7 heteroatoms. The fourth-order valence-corrected chi connectivity index (χ4v) is 3.33. The summed E-state index contributed by atoms with van der Waals surface area (Å²) in [5.41, 5.74) is 2.54. The van der Waals surface area contributed by atoms with E-state index < -0.39 is 0 Å². The van der Waals surface area contributed by atoms with Crippen LogP contribution in [0.4, 0.5) is 0 Å². The minimum atomic E-state index is -0.142. The van der Waals surface area contributed by atoms with Crippen molar-refractivity contribution >= 4 is 40.9 Å². The van der Waals surface area contributed by atoms with Crippen LogP contribution < -0.4 is 10.1 Å². The highest BCUT2D eigenvalue weighted by molar-refractivity contribution is 7.80. The van der Waals surface area contributed by atoms with E-state index in [9.17, 15) is 4.79 Å². The molecule has 1 aliphatic rings. The lowest BCUT2D eigenvalue weighted by Gasteiger charge is -2.11. The third-order valence-electron chi connectivity index (χ3n) is 4.20. The van der Waals surface area contributed by atoms with Crippen molar-refractivity contribution < 1.29 is 9.53 Å². The molecule has 28 heavy (non-hydrogen) atoms. The highest BCUT2D eigenvalue weighted by Gasteiger charge is 2.29. The molecule has 5 nitrogen and oxygen atoms in total. The summed E-state index contributed by atoms with van der Waals surface area (Å²) in [4.78, 5) is 14.0. The number of benzene rings is 2. The van der Waals surface area contributed by atoms with Crippen LogP contribution >= 0.6 is 23.8 Å². The Hall–Kier alpha value is -2.88. The number of amides is 1. The quantitative estimate of drug-likeness (QED) is 0.568. The fraction of sp³-hybridized carbons (Fsp3) is 0.190. The molecule has 1 aliphatic heterocycles. The molecule has 0 radical (unpaired) electrons. The molecule has 1 saturated heterocycles. The Morgan fingerprint density at radius 2 is 2.11 bits per heavy atom. The molecule has 1 N–H and O–H groups in total. The molecular formula is C21H18ClN3O2S. The van der Waals surface area contributed by atoms with Crippen molar-refractivity contribution in [1.29, 1.82) is 5.26 Å². The maximum absolute atomic E-state index is 12.4. The van der Waals surface area contributed by atoms with Crippen molar-refractivity contribution in [3.05, 3.63) is 69.9 Å². The summed E-state index contributed by atoms with van der Waals surface area (Å²) in [5.74, 6) is 0.363. The van der Waals surface area contributed by atoms with Gasteiger partial charge in [-0.3, -0.25) is 9.69 Å². The molecule has 0 atom stereocenters. The summed E-state index contributed by atoms with van der Waals surface area (Å²) in [5, 5.41) is 12.9. The highest BCUT2D eigenvalue weighted by Crippen LogP contribution is 2.28. The van der Waals surface area contributed by atoms with Crippen molar-refractivity contribution in [2.24, 2.45) is 0 Å². The van der Waals surface area contributed by atoms with Gasteiger partial charge in [0.05, 0.1) is 16.7 Å². The van der Waals surface area contributed by atoms with Gasteiger partial charge < -0.3 is 10.1 Å². The molecule has 0 aliphatic carbocycles. The number of hydrogen-bond donors (Lipinski definition) is 1. The van der Waals surface area contributed by atoms with E-state index in [4.69, 9.17) is 33.8 Å². The Labute approximate surface area is 174 Å². The van der Waals surface area contributed by atoms with Gasteiger partial charge in [0, 0.05) is 12.1 Å². The lowest BCUT2D eigenvalue weighted by Crippen LogP contribution is -2.31. The van der Waals surface area contributed by atoms with E-state index in [0.717, 1.165) is 17.5 Å². The van der Waals surface area contributed by atoms with Crippen molar-refractivity contribution in [2.45, 2.75) is 20.0 Å². The number of nitrogens with one attached hydrogen (secondary N) is 1. The molecular weight excluding hydrogens is 394 g/mol. The molecule has 2 aromatic rings. The van der Waals surface area contributed by atoms with Gasteiger partial charge in [0.1, 0.15) is 18.1 Å². The smallest absolute Gasteiger partial charge is 0.276 e. The predicted molar refractivity (Wildman–Crippen MR) is 113 cm³/mol. The SMILES string of the molecule is CCCN1C(=O)/C(=C/c2ccc(OCc3ccccc3C#N)c(Cl)c2)NC1=S. The Balaban J connectivity index is 1.73. The second-order valence-corrected chi connectivity index (χ2v) is 6.99. The molecule has 0 aromatic heterocycles. The van der Waals surface area contributed by atoms with Crippen LogP contribution in [0.25, 0.3) is 6.08 Å². The number of nitriles is 1. The van der Waals surface area contributed by atoms with Crippen molar-refractivity contribution in [2.75, 3.05) is 6.54 Å². The number of hydrogen-bond acceptors (Lipinski definition) is 4. The lowest BCUT2D eigenvalue weighted by atomic mass is 10.1. The van der Waals surface area contributed by atoms with Crippen LogP contribution in [-0.4, -0.2) is 22.5 Å². The Kier molecular flexibility index (Phi) is 6.30. The molecule has 1 heterocycles. The van der Waals surface area contributed by atoms with E-state index in [1.165, 1.54) is 0 Å². The average Bonchev–Trinajstić information content (AvgIpc) is 2.95. The first kappa shape index (κ1) is 19.9. The van der Waals surface area contributed by atoms with E-state index in [1.54, 1.807) is 29.2 Å². The van der Waals surface area contributed by atoms with E-state index >= 15 is 0 Å². The van der Waals surface area contributed by atoms with Crippen molar-refractivity contribution in [3.8, 4) is 11.8 Å². The van der Waals surface area contributed by atoms with Gasteiger partial charge >= 0.3 is 0 Å². The normalized spacial score (nSPS) is 14.9. The van der Waals surface area contributed by atoms with E-state index in [0.29, 0.717) is 33.7 Å². The third kappa shape index (κ3) is 4.33. The van der Waals surface area contributed by atoms with Gasteiger partial charge in [0.15, 0.2) is 5.11 Å². The number of thiocarbonyl (C=S) groups is 1. The van der Waals surface area contributed by atoms with Crippen LogP contribution in [0.2, 0.25) is 5.02 Å². The summed E-state index contributed by atoms with van der Waals surface area (Å²) < 4.78 is 5.76. The Bertz CT molecular complexity index is 997. The summed E-state index contributed by atoms with van der Waals surface area (Å²) in [6, 6.07) is 14.7. The van der Waals surface area contributed by atoms with Gasteiger partial charge in [-0.2, -0.15) is 5.26 Å². The zero-order chi connectivity index (χ0) is 20.1. The zero-order valence-electron chi connectivity index (χ0n) is 15.2. The standard InChI is InChI=1S/C21H18ClN3O2S/c1-2-9-25-20(26)18(24-21(25)28)11-14-7-8-19(17(22)10-14)27-13-16-6-4-3-5-15(16)12-23/h3-8,10-11H,2,9,13H2,1H3,(H,24,28)/b18-11-. The van der Waals surface area contributed by atoms with E-state index in [2.05, 4.69) is 11.4 Å². The summed E-state index contributed by atoms with van der Waals surface area (Å²) in [6.07, 6.45) is 2.54. The van der Waals surface area contributed by atoms with Gasteiger partial charge in [-0.15, -0.1) is 0 Å². The van der Waals surface area contributed by atoms with Gasteiger partial charge in [-0.1, -0.05) is 42.8 Å². The summed E-state index contributed by atoms with van der Waals surface area (Å²) in [7, 11) is 0. The number of nitrogens with zero attached hydrogens (tertiary/aromatic N) is 2. The van der Waals surface area contributed by atoms with Gasteiger partial charge in [0.2, 0.25) is 0 Å². The van der Waals surface area contributed by atoms with Crippen LogP contribution in [0.5, 0.6) is 5.75 Å². The largest absolute Gasteiger partial charge is 0.487 e. The van der Waals surface area contributed by atoms with Gasteiger partial charge in [0.25, 0.3) is 5.91 Å². The van der Waals surface area contributed by atoms with Gasteiger partial charge in [-0.05, 0) is 48.5 Å². The molecule has 1 fully saturated rings. The molecule has 1 amide bonds. The van der Waals surface area contributed by atoms with Crippen LogP contribution in [0, 0.1) is 11.3 Å². The summed E-state index contributed by atoms with van der Waals surface area (Å²) >= 11 is 11.5. The van der Waals surface area contributed by atoms with Crippen LogP contribution in [0.3, 0.4) is 0 Å². The minimum Gasteiger partial charge on any atom is -0.487 e. The maximum atomic E-state index is 12.4. The molecule has 142 valence electrons. The van der Waals surface area contributed by atoms with E-state index in [1.807, 2.05) is 31.2 Å². The van der Waals surface area contributed by atoms with Crippen molar-refractivity contribution in [1.82, 2.24) is 10.2 Å². The molecule has 0 unspecified atom stereocenters.